The Bertz CT molecular complexity index is 706. The molecule has 2 rings (SSSR count). The third kappa shape index (κ3) is 3.90. The Balaban J connectivity index is 2.02. The zero-order valence-corrected chi connectivity index (χ0v) is 14.4. The van der Waals surface area contributed by atoms with Crippen molar-refractivity contribution in [2.75, 3.05) is 11.1 Å². The van der Waals surface area contributed by atoms with Gasteiger partial charge in [-0.1, -0.05) is 17.7 Å². The van der Waals surface area contributed by atoms with Crippen LogP contribution in [0, 0.1) is 20.8 Å². The van der Waals surface area contributed by atoms with E-state index in [0.29, 0.717) is 10.6 Å². The summed E-state index contributed by atoms with van der Waals surface area (Å²) in [6.07, 6.45) is 0. The number of nitrogens with one attached hydrogen (secondary N) is 1. The van der Waals surface area contributed by atoms with Crippen LogP contribution in [0.15, 0.2) is 29.2 Å². The lowest BCUT2D eigenvalue weighted by Crippen LogP contribution is -2.18. The summed E-state index contributed by atoms with van der Waals surface area (Å²) in [5.41, 5.74) is 7.83. The van der Waals surface area contributed by atoms with Crippen molar-refractivity contribution in [1.29, 1.82) is 0 Å². The maximum absolute atomic E-state index is 12.1. The second-order valence-electron chi connectivity index (χ2n) is 5.00. The molecule has 116 valence electrons. The monoisotopic (exact) mass is 334 g/mol. The first-order valence-corrected chi connectivity index (χ1v) is 8.57. The normalized spacial score (nSPS) is 10.5. The zero-order valence-electron chi connectivity index (χ0n) is 12.7. The Morgan fingerprint density at radius 3 is 2.41 bits per heavy atom. The van der Waals surface area contributed by atoms with Crippen LogP contribution in [0.2, 0.25) is 0 Å². The second kappa shape index (κ2) is 6.98. The van der Waals surface area contributed by atoms with Crippen LogP contribution in [-0.4, -0.2) is 17.6 Å². The molecule has 0 aliphatic heterocycles. The van der Waals surface area contributed by atoms with Gasteiger partial charge in [0.2, 0.25) is 5.91 Å². The van der Waals surface area contributed by atoms with Gasteiger partial charge >= 0.3 is 0 Å². The largest absolute Gasteiger partial charge is 0.365 e. The fourth-order valence-electron chi connectivity index (χ4n) is 1.96. The number of rotatable bonds is 5. The number of amides is 2. The SMILES string of the molecule is Cc1ccc(SCC(=O)Nc2sc(C)c(C)c2C(N)=O)cc1. The van der Waals surface area contributed by atoms with Crippen LogP contribution in [-0.2, 0) is 4.79 Å². The minimum atomic E-state index is -0.511. The molecular formula is C16H18N2O2S2. The van der Waals surface area contributed by atoms with Gasteiger partial charge in [0.25, 0.3) is 5.91 Å². The number of carbonyl (C=O) groups excluding carboxylic acids is 2. The molecule has 0 aliphatic carbocycles. The molecule has 2 amide bonds. The number of hydrogen-bond donors (Lipinski definition) is 2. The van der Waals surface area contributed by atoms with Crippen LogP contribution in [0.4, 0.5) is 5.00 Å². The molecule has 0 unspecified atom stereocenters. The van der Waals surface area contributed by atoms with Crippen molar-refractivity contribution in [2.45, 2.75) is 25.7 Å². The highest BCUT2D eigenvalue weighted by Crippen LogP contribution is 2.32. The molecule has 1 heterocycles. The third-order valence-corrected chi connectivity index (χ3v) is 5.41. The van der Waals surface area contributed by atoms with Crippen LogP contribution in [0.25, 0.3) is 0 Å². The van der Waals surface area contributed by atoms with Gasteiger partial charge in [0.1, 0.15) is 5.00 Å². The van der Waals surface area contributed by atoms with Gasteiger partial charge in [-0.2, -0.15) is 0 Å². The Labute approximate surface area is 138 Å². The highest BCUT2D eigenvalue weighted by molar-refractivity contribution is 8.00. The fourth-order valence-corrected chi connectivity index (χ4v) is 3.74. The highest BCUT2D eigenvalue weighted by Gasteiger charge is 2.18. The molecule has 0 spiro atoms. The number of thiophene rings is 1. The first-order valence-electron chi connectivity index (χ1n) is 6.77. The lowest BCUT2D eigenvalue weighted by atomic mass is 10.1. The van der Waals surface area contributed by atoms with E-state index in [4.69, 9.17) is 5.73 Å². The van der Waals surface area contributed by atoms with E-state index in [2.05, 4.69) is 5.32 Å². The first-order chi connectivity index (χ1) is 10.4. The van der Waals surface area contributed by atoms with Gasteiger partial charge in [0.05, 0.1) is 11.3 Å². The van der Waals surface area contributed by atoms with Crippen molar-refractivity contribution in [1.82, 2.24) is 0 Å². The summed E-state index contributed by atoms with van der Waals surface area (Å²) in [4.78, 5) is 25.6. The van der Waals surface area contributed by atoms with Crippen molar-refractivity contribution in [2.24, 2.45) is 5.73 Å². The van der Waals surface area contributed by atoms with Crippen molar-refractivity contribution in [3.63, 3.8) is 0 Å². The van der Waals surface area contributed by atoms with Crippen molar-refractivity contribution >= 4 is 39.9 Å². The summed E-state index contributed by atoms with van der Waals surface area (Å²) in [6, 6.07) is 8.00. The van der Waals surface area contributed by atoms with E-state index in [9.17, 15) is 9.59 Å². The molecule has 22 heavy (non-hydrogen) atoms. The molecule has 0 aliphatic rings. The molecule has 6 heteroatoms. The fraction of sp³-hybridized carbons (Fsp3) is 0.250. The zero-order chi connectivity index (χ0) is 16.3. The molecule has 2 aromatic rings. The van der Waals surface area contributed by atoms with Gasteiger partial charge in [-0.3, -0.25) is 9.59 Å². The number of aryl methyl sites for hydroxylation is 2. The number of anilines is 1. The van der Waals surface area contributed by atoms with Gasteiger partial charge in [-0.15, -0.1) is 23.1 Å². The smallest absolute Gasteiger partial charge is 0.251 e. The lowest BCUT2D eigenvalue weighted by molar-refractivity contribution is -0.113. The Kier molecular flexibility index (Phi) is 5.26. The van der Waals surface area contributed by atoms with Gasteiger partial charge in [0.15, 0.2) is 0 Å². The molecule has 0 bridgehead atoms. The highest BCUT2D eigenvalue weighted by atomic mass is 32.2. The number of hydrogen-bond acceptors (Lipinski definition) is 4. The predicted molar refractivity (Wildman–Crippen MR) is 92.8 cm³/mol. The predicted octanol–water partition coefficient (Wildman–Crippen LogP) is 3.50. The molecule has 4 nitrogen and oxygen atoms in total. The quantitative estimate of drug-likeness (QED) is 0.822. The Hall–Kier alpha value is -1.79. The van der Waals surface area contributed by atoms with Crippen molar-refractivity contribution < 1.29 is 9.59 Å². The van der Waals surface area contributed by atoms with E-state index >= 15 is 0 Å². The molecule has 0 atom stereocenters. The molecule has 0 radical (unpaired) electrons. The molecule has 1 aromatic heterocycles. The Morgan fingerprint density at radius 2 is 1.82 bits per heavy atom. The number of benzene rings is 1. The summed E-state index contributed by atoms with van der Waals surface area (Å²) in [7, 11) is 0. The number of primary amides is 1. The maximum atomic E-state index is 12.1. The first kappa shape index (κ1) is 16.6. The second-order valence-corrected chi connectivity index (χ2v) is 7.28. The summed E-state index contributed by atoms with van der Waals surface area (Å²) in [5, 5.41) is 3.33. The standard InChI is InChI=1S/C16H18N2O2S2/c1-9-4-6-12(7-5-9)21-8-13(19)18-16-14(15(17)20)10(2)11(3)22-16/h4-7H,8H2,1-3H3,(H2,17,20)(H,18,19). The summed E-state index contributed by atoms with van der Waals surface area (Å²) in [5.74, 6) is -0.366. The topological polar surface area (TPSA) is 72.2 Å². The van der Waals surface area contributed by atoms with Crippen LogP contribution >= 0.6 is 23.1 Å². The van der Waals surface area contributed by atoms with E-state index in [-0.39, 0.29) is 11.7 Å². The summed E-state index contributed by atoms with van der Waals surface area (Å²) >= 11 is 2.84. The van der Waals surface area contributed by atoms with Gasteiger partial charge in [-0.25, -0.2) is 0 Å². The minimum absolute atomic E-state index is 0.144. The molecule has 0 fully saturated rings. The van der Waals surface area contributed by atoms with Crippen LogP contribution < -0.4 is 11.1 Å². The molecule has 1 aromatic carbocycles. The summed E-state index contributed by atoms with van der Waals surface area (Å²) < 4.78 is 0. The summed E-state index contributed by atoms with van der Waals surface area (Å²) in [6.45, 7) is 5.76. The van der Waals surface area contributed by atoms with E-state index in [1.165, 1.54) is 28.7 Å². The van der Waals surface area contributed by atoms with E-state index in [0.717, 1.165) is 15.3 Å². The van der Waals surface area contributed by atoms with Crippen molar-refractivity contribution in [3.05, 3.63) is 45.8 Å². The average molecular weight is 334 g/mol. The Morgan fingerprint density at radius 1 is 1.18 bits per heavy atom. The minimum Gasteiger partial charge on any atom is -0.365 e. The molecule has 0 saturated carbocycles. The third-order valence-electron chi connectivity index (χ3n) is 3.28. The number of thioether (sulfide) groups is 1. The van der Waals surface area contributed by atoms with Gasteiger partial charge in [0, 0.05) is 9.77 Å². The van der Waals surface area contributed by atoms with Gasteiger partial charge < -0.3 is 11.1 Å². The molecular weight excluding hydrogens is 316 g/mol. The lowest BCUT2D eigenvalue weighted by Gasteiger charge is -2.05. The van der Waals surface area contributed by atoms with E-state index < -0.39 is 5.91 Å². The molecule has 0 saturated heterocycles. The number of carbonyl (C=O) groups is 2. The average Bonchev–Trinajstić information content (AvgIpc) is 2.73. The van der Waals surface area contributed by atoms with E-state index in [1.807, 2.05) is 45.0 Å². The van der Waals surface area contributed by atoms with Crippen LogP contribution in [0.3, 0.4) is 0 Å². The van der Waals surface area contributed by atoms with Crippen LogP contribution in [0.5, 0.6) is 0 Å². The van der Waals surface area contributed by atoms with Crippen molar-refractivity contribution in [3.8, 4) is 0 Å². The van der Waals surface area contributed by atoms with Gasteiger partial charge in [-0.05, 0) is 38.5 Å². The maximum Gasteiger partial charge on any atom is 0.251 e. The van der Waals surface area contributed by atoms with E-state index in [1.54, 1.807) is 0 Å². The molecule has 3 N–H and O–H groups in total. The number of nitrogens with two attached hydrogens (primary N) is 1. The van der Waals surface area contributed by atoms with Crippen LogP contribution in [0.1, 0.15) is 26.4 Å².